The van der Waals surface area contributed by atoms with Crippen molar-refractivity contribution >= 4 is 11.6 Å². The molecule has 0 aliphatic carbocycles. The minimum Gasteiger partial charge on any atom is -0.368 e. The molecule has 0 saturated carbocycles. The molecule has 2 aromatic carbocycles. The number of piperazine rings is 1. The summed E-state index contributed by atoms with van der Waals surface area (Å²) in [6, 6.07) is 17.1. The Morgan fingerprint density at radius 2 is 1.57 bits per heavy atom. The number of carbonyl (C=O) groups is 1. The number of para-hydroxylation sites is 1. The summed E-state index contributed by atoms with van der Waals surface area (Å²) in [5.41, 5.74) is 5.66. The quantitative estimate of drug-likeness (QED) is 0.636. The van der Waals surface area contributed by atoms with Gasteiger partial charge in [-0.25, -0.2) is 4.39 Å². The average molecular weight is 406 g/mol. The predicted octanol–water partition coefficient (Wildman–Crippen LogP) is 4.56. The summed E-state index contributed by atoms with van der Waals surface area (Å²) in [6.07, 6.45) is 0. The third-order valence-electron chi connectivity index (χ3n) is 6.01. The van der Waals surface area contributed by atoms with E-state index >= 15 is 0 Å². The van der Waals surface area contributed by atoms with Gasteiger partial charge in [0.25, 0.3) is 5.91 Å². The Labute approximate surface area is 177 Å². The summed E-state index contributed by atoms with van der Waals surface area (Å²) in [4.78, 5) is 17.7. The van der Waals surface area contributed by atoms with Gasteiger partial charge in [0.05, 0.1) is 6.54 Å². The van der Waals surface area contributed by atoms with Crippen LogP contribution in [0.3, 0.4) is 0 Å². The topological polar surface area (TPSA) is 28.5 Å². The third kappa shape index (κ3) is 3.84. The summed E-state index contributed by atoms with van der Waals surface area (Å²) in [6.45, 7) is 9.38. The Balaban J connectivity index is 1.53. The zero-order valence-electron chi connectivity index (χ0n) is 17.9. The minimum absolute atomic E-state index is 0.0290. The predicted molar refractivity (Wildman–Crippen MR) is 119 cm³/mol. The van der Waals surface area contributed by atoms with E-state index in [4.69, 9.17) is 0 Å². The summed E-state index contributed by atoms with van der Waals surface area (Å²) in [5.74, 6) is -0.213. The molecule has 4 rings (SSSR count). The smallest absolute Gasteiger partial charge is 0.270 e. The van der Waals surface area contributed by atoms with E-state index in [1.54, 1.807) is 12.1 Å². The number of amides is 1. The number of carbonyl (C=O) groups excluding carboxylic acids is 1. The maximum atomic E-state index is 14.2. The molecule has 1 fully saturated rings. The van der Waals surface area contributed by atoms with E-state index in [2.05, 4.69) is 30.0 Å². The summed E-state index contributed by atoms with van der Waals surface area (Å²) >= 11 is 0. The van der Waals surface area contributed by atoms with Gasteiger partial charge in [-0.3, -0.25) is 4.79 Å². The lowest BCUT2D eigenvalue weighted by Crippen LogP contribution is -2.49. The molecule has 1 saturated heterocycles. The molecule has 1 amide bonds. The lowest BCUT2D eigenvalue weighted by atomic mass is 10.1. The lowest BCUT2D eigenvalue weighted by molar-refractivity contribution is 0.0735. The van der Waals surface area contributed by atoms with Crippen LogP contribution in [-0.2, 0) is 6.54 Å². The van der Waals surface area contributed by atoms with E-state index in [-0.39, 0.29) is 11.7 Å². The Kier molecular flexibility index (Phi) is 5.62. The van der Waals surface area contributed by atoms with Gasteiger partial charge in [-0.05, 0) is 50.1 Å². The van der Waals surface area contributed by atoms with Gasteiger partial charge in [0.1, 0.15) is 11.5 Å². The van der Waals surface area contributed by atoms with Crippen molar-refractivity contribution in [2.45, 2.75) is 27.3 Å². The Morgan fingerprint density at radius 1 is 0.900 bits per heavy atom. The van der Waals surface area contributed by atoms with Gasteiger partial charge in [-0.15, -0.1) is 0 Å². The SMILES string of the molecule is Cc1ccccc1N1CCN(C(=O)c2c(C)cc(C)n2Cc2ccccc2F)CC1. The van der Waals surface area contributed by atoms with Crippen LogP contribution in [0.15, 0.2) is 54.6 Å². The van der Waals surface area contributed by atoms with Crippen LogP contribution in [0.4, 0.5) is 10.1 Å². The van der Waals surface area contributed by atoms with Gasteiger partial charge < -0.3 is 14.4 Å². The third-order valence-corrected chi connectivity index (χ3v) is 6.01. The molecule has 0 N–H and O–H groups in total. The summed E-state index contributed by atoms with van der Waals surface area (Å²) < 4.78 is 16.2. The van der Waals surface area contributed by atoms with E-state index in [1.807, 2.05) is 41.5 Å². The molecule has 2 heterocycles. The van der Waals surface area contributed by atoms with Crippen LogP contribution < -0.4 is 4.90 Å². The Morgan fingerprint density at radius 3 is 2.27 bits per heavy atom. The van der Waals surface area contributed by atoms with Crippen LogP contribution in [0.25, 0.3) is 0 Å². The van der Waals surface area contributed by atoms with Crippen molar-refractivity contribution in [2.75, 3.05) is 31.1 Å². The molecule has 3 aromatic rings. The maximum Gasteiger partial charge on any atom is 0.270 e. The molecular formula is C25H28FN3O. The van der Waals surface area contributed by atoms with E-state index in [0.717, 1.165) is 24.3 Å². The number of nitrogens with zero attached hydrogens (tertiary/aromatic N) is 3. The number of halogens is 1. The van der Waals surface area contributed by atoms with Gasteiger partial charge in [-0.1, -0.05) is 36.4 Å². The average Bonchev–Trinajstić information content (AvgIpc) is 3.02. The van der Waals surface area contributed by atoms with E-state index in [0.29, 0.717) is 30.9 Å². The van der Waals surface area contributed by atoms with Gasteiger partial charge in [-0.2, -0.15) is 0 Å². The largest absolute Gasteiger partial charge is 0.368 e. The fourth-order valence-corrected chi connectivity index (χ4v) is 4.35. The highest BCUT2D eigenvalue weighted by Crippen LogP contribution is 2.24. The summed E-state index contributed by atoms with van der Waals surface area (Å²) in [7, 11) is 0. The molecule has 5 heteroatoms. The van der Waals surface area contributed by atoms with Crippen molar-refractivity contribution in [3.63, 3.8) is 0 Å². The molecular weight excluding hydrogens is 377 g/mol. The molecule has 4 nitrogen and oxygen atoms in total. The molecule has 0 unspecified atom stereocenters. The van der Waals surface area contributed by atoms with Crippen LogP contribution in [0.5, 0.6) is 0 Å². The van der Waals surface area contributed by atoms with Crippen molar-refractivity contribution < 1.29 is 9.18 Å². The van der Waals surface area contributed by atoms with Crippen LogP contribution in [0.1, 0.15) is 32.9 Å². The second-order valence-electron chi connectivity index (χ2n) is 8.06. The molecule has 1 aromatic heterocycles. The van der Waals surface area contributed by atoms with Gasteiger partial charge >= 0.3 is 0 Å². The highest BCUT2D eigenvalue weighted by molar-refractivity contribution is 5.94. The first kappa shape index (κ1) is 20.2. The van der Waals surface area contributed by atoms with Gasteiger partial charge in [0.15, 0.2) is 0 Å². The second kappa shape index (κ2) is 8.34. The molecule has 0 atom stereocenters. The lowest BCUT2D eigenvalue weighted by Gasteiger charge is -2.37. The molecule has 0 bridgehead atoms. The fraction of sp³-hybridized carbons (Fsp3) is 0.320. The highest BCUT2D eigenvalue weighted by atomic mass is 19.1. The van der Waals surface area contributed by atoms with Crippen LogP contribution >= 0.6 is 0 Å². The first-order valence-corrected chi connectivity index (χ1v) is 10.5. The van der Waals surface area contributed by atoms with Crippen LogP contribution in [0, 0.1) is 26.6 Å². The molecule has 1 aliphatic heterocycles. The fourth-order valence-electron chi connectivity index (χ4n) is 4.35. The number of benzene rings is 2. The van der Waals surface area contributed by atoms with Crippen molar-refractivity contribution in [3.8, 4) is 0 Å². The van der Waals surface area contributed by atoms with Crippen molar-refractivity contribution in [2.24, 2.45) is 0 Å². The van der Waals surface area contributed by atoms with Crippen molar-refractivity contribution in [3.05, 3.63) is 88.5 Å². The van der Waals surface area contributed by atoms with Gasteiger partial charge in [0.2, 0.25) is 0 Å². The van der Waals surface area contributed by atoms with Gasteiger partial charge in [0, 0.05) is 43.1 Å². The van der Waals surface area contributed by atoms with E-state index < -0.39 is 0 Å². The molecule has 1 aliphatic rings. The Bertz CT molecular complexity index is 1060. The van der Waals surface area contributed by atoms with Crippen LogP contribution in [0.2, 0.25) is 0 Å². The number of anilines is 1. The molecule has 156 valence electrons. The zero-order valence-corrected chi connectivity index (χ0v) is 17.9. The Hall–Kier alpha value is -3.08. The normalized spacial score (nSPS) is 14.3. The van der Waals surface area contributed by atoms with Crippen molar-refractivity contribution in [1.29, 1.82) is 0 Å². The monoisotopic (exact) mass is 405 g/mol. The number of rotatable bonds is 4. The molecule has 30 heavy (non-hydrogen) atoms. The molecule has 0 spiro atoms. The van der Waals surface area contributed by atoms with E-state index in [1.165, 1.54) is 17.3 Å². The minimum atomic E-state index is -0.242. The molecule has 0 radical (unpaired) electrons. The van der Waals surface area contributed by atoms with E-state index in [9.17, 15) is 9.18 Å². The van der Waals surface area contributed by atoms with Crippen molar-refractivity contribution in [1.82, 2.24) is 9.47 Å². The zero-order chi connectivity index (χ0) is 21.3. The highest BCUT2D eigenvalue weighted by Gasteiger charge is 2.27. The maximum absolute atomic E-state index is 14.2. The van der Waals surface area contributed by atoms with Crippen LogP contribution in [-0.4, -0.2) is 41.6 Å². The number of hydrogen-bond acceptors (Lipinski definition) is 2. The number of aromatic nitrogens is 1. The number of aryl methyl sites for hydroxylation is 3. The standard InChI is InChI=1S/C25H28FN3O/c1-18-8-4-7-11-23(18)27-12-14-28(15-13-27)25(30)24-19(2)16-20(3)29(24)17-21-9-5-6-10-22(21)26/h4-11,16H,12-15,17H2,1-3H3. The summed E-state index contributed by atoms with van der Waals surface area (Å²) in [5, 5.41) is 0. The number of hydrogen-bond donors (Lipinski definition) is 0. The first-order chi connectivity index (χ1) is 14.5. The second-order valence-corrected chi connectivity index (χ2v) is 8.06. The first-order valence-electron chi connectivity index (χ1n) is 10.5.